The topological polar surface area (TPSA) is 146 Å². The van der Waals surface area contributed by atoms with Crippen LogP contribution in [0, 0.1) is 6.92 Å². The maximum absolute atomic E-state index is 13.1. The number of anilines is 2. The van der Waals surface area contributed by atoms with Gasteiger partial charge in [0.2, 0.25) is 0 Å². The Morgan fingerprint density at radius 1 is 1.04 bits per heavy atom. The van der Waals surface area contributed by atoms with E-state index in [1.54, 1.807) is 18.3 Å². The summed E-state index contributed by atoms with van der Waals surface area (Å²) >= 11 is 4.70. The van der Waals surface area contributed by atoms with E-state index in [0.717, 1.165) is 29.5 Å². The standard InChI is InChI=1S/C26H20BrF3N4O3S.C2HF3O2/c1-13-9-18(33-22(21(13)27)34-20-11-16(6-8-31-20)26(28,29)30)19-12-32-24(38-19)25(37)7-2-3-14-10-15(23(35)36)4-5-17(14)25;3-2(4,5)1(6)7/h4-6,8-12,37H,2-3,7H2,1H3,(H,35,36)(H,31,33,34);(H,6,7)/t25-;/m1./s1. The molecule has 45 heavy (non-hydrogen) atoms. The number of carboxylic acids is 2. The van der Waals surface area contributed by atoms with Crippen molar-refractivity contribution >= 4 is 50.8 Å². The molecule has 0 aliphatic heterocycles. The van der Waals surface area contributed by atoms with Crippen LogP contribution in [0.1, 0.15) is 50.5 Å². The highest BCUT2D eigenvalue weighted by molar-refractivity contribution is 9.10. The second kappa shape index (κ2) is 12.7. The number of alkyl halides is 6. The number of carbonyl (C=O) groups is 2. The normalized spacial score (nSPS) is 16.3. The lowest BCUT2D eigenvalue weighted by molar-refractivity contribution is -0.192. The van der Waals surface area contributed by atoms with Gasteiger partial charge in [0, 0.05) is 12.4 Å². The first-order valence-corrected chi connectivity index (χ1v) is 14.3. The van der Waals surface area contributed by atoms with Crippen molar-refractivity contribution in [3.8, 4) is 10.6 Å². The summed E-state index contributed by atoms with van der Waals surface area (Å²) in [5, 5.41) is 31.4. The van der Waals surface area contributed by atoms with Crippen molar-refractivity contribution in [2.75, 3.05) is 5.32 Å². The lowest BCUT2D eigenvalue weighted by atomic mass is 9.79. The Kier molecular flexibility index (Phi) is 9.56. The van der Waals surface area contributed by atoms with E-state index < -0.39 is 35.5 Å². The van der Waals surface area contributed by atoms with Gasteiger partial charge in [-0.15, -0.1) is 11.3 Å². The number of fused-ring (bicyclic) bond motifs is 1. The summed E-state index contributed by atoms with van der Waals surface area (Å²) in [5.74, 6) is -3.51. The number of rotatable bonds is 5. The van der Waals surface area contributed by atoms with E-state index in [1.807, 2.05) is 13.0 Å². The summed E-state index contributed by atoms with van der Waals surface area (Å²) in [5.41, 5.74) is 0.661. The minimum absolute atomic E-state index is 0.0107. The Morgan fingerprint density at radius 3 is 2.36 bits per heavy atom. The largest absolute Gasteiger partial charge is 0.490 e. The zero-order valence-corrected chi connectivity index (χ0v) is 25.2. The van der Waals surface area contributed by atoms with E-state index in [-0.39, 0.29) is 17.2 Å². The minimum Gasteiger partial charge on any atom is -0.478 e. The molecule has 0 radical (unpaired) electrons. The van der Waals surface area contributed by atoms with E-state index in [0.29, 0.717) is 44.9 Å². The molecule has 3 aromatic heterocycles. The third kappa shape index (κ3) is 7.59. The molecule has 1 aromatic carbocycles. The van der Waals surface area contributed by atoms with Crippen LogP contribution in [0.4, 0.5) is 38.0 Å². The Balaban J connectivity index is 0.000000591. The summed E-state index contributed by atoms with van der Waals surface area (Å²) in [6.07, 6.45) is -5.17. The minimum atomic E-state index is -5.08. The van der Waals surface area contributed by atoms with Gasteiger partial charge in [0.25, 0.3) is 0 Å². The van der Waals surface area contributed by atoms with Gasteiger partial charge in [-0.25, -0.2) is 24.5 Å². The number of pyridine rings is 2. The highest BCUT2D eigenvalue weighted by atomic mass is 79.9. The fourth-order valence-electron chi connectivity index (χ4n) is 4.47. The van der Waals surface area contributed by atoms with Crippen LogP contribution in [0.3, 0.4) is 0 Å². The Bertz CT molecular complexity index is 1760. The number of halogens is 7. The van der Waals surface area contributed by atoms with Crippen molar-refractivity contribution in [1.82, 2.24) is 15.0 Å². The summed E-state index contributed by atoms with van der Waals surface area (Å²) in [6, 6.07) is 8.33. The lowest BCUT2D eigenvalue weighted by Crippen LogP contribution is -2.32. The lowest BCUT2D eigenvalue weighted by Gasteiger charge is -2.33. The van der Waals surface area contributed by atoms with Gasteiger partial charge in [-0.2, -0.15) is 26.3 Å². The second-order valence-corrected chi connectivity index (χ2v) is 11.6. The molecule has 4 N–H and O–H groups in total. The number of thiazole rings is 1. The average molecular weight is 719 g/mol. The zero-order valence-electron chi connectivity index (χ0n) is 22.8. The third-order valence-electron chi connectivity index (χ3n) is 6.61. The zero-order chi connectivity index (χ0) is 33.3. The molecule has 1 aliphatic carbocycles. The summed E-state index contributed by atoms with van der Waals surface area (Å²) in [6.45, 7) is 1.83. The van der Waals surface area contributed by atoms with Gasteiger partial charge in [-0.1, -0.05) is 6.07 Å². The highest BCUT2D eigenvalue weighted by Gasteiger charge is 2.40. The number of carboxylic acid groups (broad SMARTS) is 2. The predicted molar refractivity (Wildman–Crippen MR) is 153 cm³/mol. The Morgan fingerprint density at radius 2 is 1.73 bits per heavy atom. The van der Waals surface area contributed by atoms with Crippen LogP contribution in [-0.4, -0.2) is 48.4 Å². The molecule has 238 valence electrons. The summed E-state index contributed by atoms with van der Waals surface area (Å²) in [7, 11) is 0. The number of nitrogens with one attached hydrogen (secondary N) is 1. The molecule has 0 bridgehead atoms. The van der Waals surface area contributed by atoms with Gasteiger partial charge in [0.15, 0.2) is 0 Å². The van der Waals surface area contributed by atoms with Crippen molar-refractivity contribution in [2.24, 2.45) is 0 Å². The molecule has 3 heterocycles. The first-order valence-electron chi connectivity index (χ1n) is 12.7. The number of aliphatic carboxylic acids is 1. The molecule has 17 heteroatoms. The number of hydrogen-bond donors (Lipinski definition) is 4. The predicted octanol–water partition coefficient (Wildman–Crippen LogP) is 7.34. The van der Waals surface area contributed by atoms with Gasteiger partial charge in [-0.05, 0) is 89.1 Å². The molecule has 1 atom stereocenters. The van der Waals surface area contributed by atoms with Crippen LogP contribution in [-0.2, 0) is 23.0 Å². The van der Waals surface area contributed by atoms with Crippen LogP contribution in [0.2, 0.25) is 0 Å². The first kappa shape index (κ1) is 33.8. The van der Waals surface area contributed by atoms with E-state index in [1.165, 1.54) is 17.4 Å². The Labute approximate surface area is 262 Å². The van der Waals surface area contributed by atoms with E-state index in [2.05, 4.69) is 36.2 Å². The van der Waals surface area contributed by atoms with Crippen LogP contribution < -0.4 is 5.32 Å². The summed E-state index contributed by atoms with van der Waals surface area (Å²) < 4.78 is 71.7. The average Bonchev–Trinajstić information content (AvgIpc) is 3.46. The molecule has 0 saturated heterocycles. The quantitative estimate of drug-likeness (QED) is 0.156. The number of nitrogens with zero attached hydrogens (tertiary/aromatic N) is 3. The monoisotopic (exact) mass is 718 g/mol. The molecule has 0 saturated carbocycles. The SMILES string of the molecule is Cc1cc(-c2cnc([C@@]3(O)CCCc4cc(C(=O)O)ccc43)s2)nc(Nc2cc(C(F)(F)F)ccn2)c1Br.O=C(O)C(F)(F)F. The fourth-order valence-corrected chi connectivity index (χ4v) is 5.79. The maximum atomic E-state index is 13.1. The molecule has 5 rings (SSSR count). The van der Waals surface area contributed by atoms with Gasteiger partial charge < -0.3 is 20.6 Å². The molecule has 0 unspecified atom stereocenters. The Hall–Kier alpha value is -4.09. The van der Waals surface area contributed by atoms with Gasteiger partial charge in [0.1, 0.15) is 22.2 Å². The molecule has 0 fully saturated rings. The molecule has 4 aromatic rings. The maximum Gasteiger partial charge on any atom is 0.490 e. The number of aromatic nitrogens is 3. The smallest absolute Gasteiger partial charge is 0.478 e. The van der Waals surface area contributed by atoms with Gasteiger partial charge in [0.05, 0.1) is 26.2 Å². The number of hydrogen-bond acceptors (Lipinski definition) is 8. The second-order valence-electron chi connectivity index (χ2n) is 9.76. The number of benzene rings is 1. The number of aromatic carboxylic acids is 1. The van der Waals surface area contributed by atoms with Crippen molar-refractivity contribution in [2.45, 2.75) is 44.1 Å². The molecule has 9 nitrogen and oxygen atoms in total. The van der Waals surface area contributed by atoms with Crippen LogP contribution >= 0.6 is 27.3 Å². The molecule has 0 amide bonds. The van der Waals surface area contributed by atoms with E-state index >= 15 is 0 Å². The van der Waals surface area contributed by atoms with Gasteiger partial charge >= 0.3 is 24.3 Å². The highest BCUT2D eigenvalue weighted by Crippen LogP contribution is 2.44. The molecular weight excluding hydrogens is 698 g/mol. The first-order chi connectivity index (χ1) is 20.9. The van der Waals surface area contributed by atoms with E-state index in [9.17, 15) is 41.4 Å². The third-order valence-corrected chi connectivity index (χ3v) is 8.78. The molecule has 0 spiro atoms. The van der Waals surface area contributed by atoms with Gasteiger partial charge in [-0.3, -0.25) is 0 Å². The van der Waals surface area contributed by atoms with Crippen molar-refractivity contribution in [3.63, 3.8) is 0 Å². The van der Waals surface area contributed by atoms with Crippen molar-refractivity contribution < 1.29 is 51.3 Å². The molecular formula is C28H21BrF6N4O5S. The summed E-state index contributed by atoms with van der Waals surface area (Å²) in [4.78, 5) is 34.0. The van der Waals surface area contributed by atoms with Crippen molar-refractivity contribution in [3.05, 3.63) is 86.1 Å². The van der Waals surface area contributed by atoms with Crippen LogP contribution in [0.5, 0.6) is 0 Å². The van der Waals surface area contributed by atoms with Crippen LogP contribution in [0.25, 0.3) is 10.6 Å². The van der Waals surface area contributed by atoms with E-state index in [4.69, 9.17) is 9.90 Å². The number of aryl methyl sites for hydroxylation is 2. The van der Waals surface area contributed by atoms with Crippen molar-refractivity contribution in [1.29, 1.82) is 0 Å². The van der Waals surface area contributed by atoms with Crippen LogP contribution in [0.15, 0.2) is 53.3 Å². The number of aliphatic hydroxyl groups is 1. The molecule has 1 aliphatic rings. The fraction of sp³-hybridized carbons (Fsp3) is 0.250.